The van der Waals surface area contributed by atoms with Crippen molar-refractivity contribution in [2.24, 2.45) is 0 Å². The number of hydrogen-bond acceptors (Lipinski definition) is 5. The molecule has 0 bridgehead atoms. The fraction of sp³-hybridized carbons (Fsp3) is 0.714. The summed E-state index contributed by atoms with van der Waals surface area (Å²) in [6.07, 6.45) is 2.63. The Balaban J connectivity index is 2.00. The summed E-state index contributed by atoms with van der Waals surface area (Å²) >= 11 is 1.38. The molecule has 1 saturated heterocycles. The molecule has 1 aliphatic rings. The van der Waals surface area contributed by atoms with Gasteiger partial charge >= 0.3 is 0 Å². The Bertz CT molecular complexity index is 534. The first-order chi connectivity index (χ1) is 10.1. The first-order valence-corrected chi connectivity index (χ1v) is 9.68. The van der Waals surface area contributed by atoms with Gasteiger partial charge in [0.2, 0.25) is 0 Å². The molecule has 2 heterocycles. The summed E-state index contributed by atoms with van der Waals surface area (Å²) in [5.74, 6) is 0. The van der Waals surface area contributed by atoms with Crippen LogP contribution in [-0.2, 0) is 21.2 Å². The highest BCUT2D eigenvalue weighted by atomic mass is 32.2. The molecule has 1 aromatic rings. The van der Waals surface area contributed by atoms with Gasteiger partial charge in [0.05, 0.1) is 6.10 Å². The molecule has 2 rings (SSSR count). The molecule has 7 heteroatoms. The fourth-order valence-corrected chi connectivity index (χ4v) is 5.46. The van der Waals surface area contributed by atoms with Gasteiger partial charge in [-0.3, -0.25) is 0 Å². The molecule has 120 valence electrons. The van der Waals surface area contributed by atoms with E-state index in [-0.39, 0.29) is 6.10 Å². The van der Waals surface area contributed by atoms with Crippen LogP contribution < -0.4 is 5.32 Å². The van der Waals surface area contributed by atoms with Crippen molar-refractivity contribution in [3.05, 3.63) is 17.0 Å². The smallest absolute Gasteiger partial charge is 0.252 e. The predicted molar refractivity (Wildman–Crippen MR) is 85.4 cm³/mol. The first kappa shape index (κ1) is 16.9. The number of rotatable bonds is 7. The highest BCUT2D eigenvalue weighted by molar-refractivity contribution is 7.91. The van der Waals surface area contributed by atoms with Crippen LogP contribution in [-0.4, -0.2) is 52.1 Å². The van der Waals surface area contributed by atoms with Crippen LogP contribution in [0, 0.1) is 0 Å². The molecule has 0 aliphatic carbocycles. The number of nitrogens with zero attached hydrogens (tertiary/aromatic N) is 1. The van der Waals surface area contributed by atoms with Crippen LogP contribution in [0.3, 0.4) is 0 Å². The van der Waals surface area contributed by atoms with Crippen LogP contribution in [0.4, 0.5) is 0 Å². The second-order valence-corrected chi connectivity index (χ2v) is 8.47. The van der Waals surface area contributed by atoms with Gasteiger partial charge in [0.1, 0.15) is 4.21 Å². The lowest BCUT2D eigenvalue weighted by molar-refractivity contribution is 0.0290. The summed E-state index contributed by atoms with van der Waals surface area (Å²) in [7, 11) is -1.43. The Morgan fingerprint density at radius 3 is 2.71 bits per heavy atom. The monoisotopic (exact) mass is 332 g/mol. The minimum atomic E-state index is -3.33. The lowest BCUT2D eigenvalue weighted by Crippen LogP contribution is -2.40. The molecule has 0 amide bonds. The summed E-state index contributed by atoms with van der Waals surface area (Å²) in [6, 6.07) is 3.65. The average molecular weight is 332 g/mol. The number of piperidine rings is 1. The Labute approximate surface area is 131 Å². The normalized spacial score (nSPS) is 18.2. The Hall–Kier alpha value is -0.470. The van der Waals surface area contributed by atoms with Gasteiger partial charge < -0.3 is 10.1 Å². The summed E-state index contributed by atoms with van der Waals surface area (Å²) < 4.78 is 32.9. The van der Waals surface area contributed by atoms with E-state index in [1.165, 1.54) is 11.3 Å². The van der Waals surface area contributed by atoms with E-state index in [4.69, 9.17) is 4.74 Å². The third kappa shape index (κ3) is 4.26. The molecular weight excluding hydrogens is 308 g/mol. The summed E-state index contributed by atoms with van der Waals surface area (Å²) in [6.45, 7) is 4.63. The molecule has 0 aromatic carbocycles. The number of thiophene rings is 1. The number of nitrogens with one attached hydrogen (secondary N) is 1. The van der Waals surface area contributed by atoms with Crippen molar-refractivity contribution in [3.8, 4) is 0 Å². The molecule has 1 aromatic heterocycles. The van der Waals surface area contributed by atoms with E-state index in [2.05, 4.69) is 5.32 Å². The van der Waals surface area contributed by atoms with E-state index in [0.717, 1.165) is 30.7 Å². The van der Waals surface area contributed by atoms with E-state index in [1.54, 1.807) is 10.4 Å². The van der Waals surface area contributed by atoms with E-state index in [9.17, 15) is 8.42 Å². The molecule has 1 fully saturated rings. The molecular formula is C14H24N2O3S2. The third-order valence-corrected chi connectivity index (χ3v) is 7.17. The van der Waals surface area contributed by atoms with Crippen molar-refractivity contribution >= 4 is 21.4 Å². The number of ether oxygens (including phenoxy) is 1. The summed E-state index contributed by atoms with van der Waals surface area (Å²) in [5, 5.41) is 3.08. The largest absolute Gasteiger partial charge is 0.378 e. The topological polar surface area (TPSA) is 58.6 Å². The highest BCUT2D eigenvalue weighted by Crippen LogP contribution is 2.27. The minimum Gasteiger partial charge on any atom is -0.378 e. The zero-order valence-corrected chi connectivity index (χ0v) is 14.3. The predicted octanol–water partition coefficient (Wildman–Crippen LogP) is 1.70. The van der Waals surface area contributed by atoms with Crippen molar-refractivity contribution in [3.63, 3.8) is 0 Å². The van der Waals surface area contributed by atoms with Gasteiger partial charge in [0.25, 0.3) is 10.0 Å². The molecule has 5 nitrogen and oxygen atoms in total. The van der Waals surface area contributed by atoms with Gasteiger partial charge in [-0.1, -0.05) is 0 Å². The lowest BCUT2D eigenvalue weighted by Gasteiger charge is -2.30. The highest BCUT2D eigenvalue weighted by Gasteiger charge is 2.30. The molecule has 0 atom stereocenters. The summed E-state index contributed by atoms with van der Waals surface area (Å²) in [5.41, 5.74) is 0. The number of likely N-dealkylation sites (N-methyl/N-ethyl adjacent to an activating group) is 1. The maximum absolute atomic E-state index is 12.6. The second kappa shape index (κ2) is 7.69. The minimum absolute atomic E-state index is 0.205. The SMILES string of the molecule is CCOC1CCN(S(=O)(=O)c2ccc(CCNC)s2)CC1. The molecule has 1 aliphatic heterocycles. The van der Waals surface area contributed by atoms with Crippen LogP contribution in [0.2, 0.25) is 0 Å². The molecule has 0 spiro atoms. The molecule has 21 heavy (non-hydrogen) atoms. The summed E-state index contributed by atoms with van der Waals surface area (Å²) in [4.78, 5) is 1.10. The zero-order chi connectivity index (χ0) is 15.3. The quantitative estimate of drug-likeness (QED) is 0.826. The first-order valence-electron chi connectivity index (χ1n) is 7.43. The van der Waals surface area contributed by atoms with E-state index in [0.29, 0.717) is 23.9 Å². The van der Waals surface area contributed by atoms with Crippen LogP contribution in [0.15, 0.2) is 16.3 Å². The van der Waals surface area contributed by atoms with E-state index in [1.807, 2.05) is 20.0 Å². The van der Waals surface area contributed by atoms with Gasteiger partial charge in [-0.15, -0.1) is 11.3 Å². The average Bonchev–Trinajstić information content (AvgIpc) is 2.96. The van der Waals surface area contributed by atoms with Crippen molar-refractivity contribution in [1.82, 2.24) is 9.62 Å². The van der Waals surface area contributed by atoms with Gasteiger partial charge in [-0.05, 0) is 51.9 Å². The van der Waals surface area contributed by atoms with Gasteiger partial charge in [-0.2, -0.15) is 4.31 Å². The van der Waals surface area contributed by atoms with E-state index >= 15 is 0 Å². The standard InChI is InChI=1S/C14H24N2O3S2/c1-3-19-12-7-10-16(11-8-12)21(17,18)14-5-4-13(20-14)6-9-15-2/h4-5,12,15H,3,6-11H2,1-2H3. The fourth-order valence-electron chi connectivity index (χ4n) is 2.48. The van der Waals surface area contributed by atoms with Crippen LogP contribution in [0.1, 0.15) is 24.6 Å². The van der Waals surface area contributed by atoms with Crippen LogP contribution in [0.5, 0.6) is 0 Å². The zero-order valence-electron chi connectivity index (χ0n) is 12.7. The Morgan fingerprint density at radius 1 is 1.38 bits per heavy atom. The van der Waals surface area contributed by atoms with Gasteiger partial charge in [-0.25, -0.2) is 8.42 Å². The van der Waals surface area contributed by atoms with Crippen molar-refractivity contribution in [1.29, 1.82) is 0 Å². The van der Waals surface area contributed by atoms with Gasteiger partial charge in [0.15, 0.2) is 0 Å². The van der Waals surface area contributed by atoms with Crippen molar-refractivity contribution < 1.29 is 13.2 Å². The van der Waals surface area contributed by atoms with Crippen LogP contribution >= 0.6 is 11.3 Å². The Kier molecular flexibility index (Phi) is 6.19. The Morgan fingerprint density at radius 2 is 2.10 bits per heavy atom. The second-order valence-electron chi connectivity index (χ2n) is 5.13. The van der Waals surface area contributed by atoms with Gasteiger partial charge in [0, 0.05) is 24.6 Å². The molecule has 0 radical (unpaired) electrons. The van der Waals surface area contributed by atoms with Crippen molar-refractivity contribution in [2.45, 2.75) is 36.5 Å². The van der Waals surface area contributed by atoms with Crippen LogP contribution in [0.25, 0.3) is 0 Å². The van der Waals surface area contributed by atoms with Crippen molar-refractivity contribution in [2.75, 3.05) is 33.3 Å². The maximum atomic E-state index is 12.6. The molecule has 1 N–H and O–H groups in total. The lowest BCUT2D eigenvalue weighted by atomic mass is 10.1. The number of sulfonamides is 1. The van der Waals surface area contributed by atoms with E-state index < -0.39 is 10.0 Å². The third-order valence-electron chi connectivity index (χ3n) is 3.66. The molecule has 0 unspecified atom stereocenters. The maximum Gasteiger partial charge on any atom is 0.252 e. The molecule has 0 saturated carbocycles. The number of hydrogen-bond donors (Lipinski definition) is 1.